The number of carboxylic acid groups (broad SMARTS) is 1. The van der Waals surface area contributed by atoms with Crippen LogP contribution in [0.2, 0.25) is 0 Å². The Balaban J connectivity index is 2.52. The van der Waals surface area contributed by atoms with Crippen LogP contribution in [0, 0.1) is 11.8 Å². The molecule has 0 aliphatic heterocycles. The van der Waals surface area contributed by atoms with Gasteiger partial charge in [-0.1, -0.05) is 44.9 Å². The van der Waals surface area contributed by atoms with Gasteiger partial charge in [-0.15, -0.1) is 0 Å². The van der Waals surface area contributed by atoms with Crippen LogP contribution in [0.15, 0.2) is 30.3 Å². The molecule has 0 aromatic heterocycles. The summed E-state index contributed by atoms with van der Waals surface area (Å²) in [6, 6.07) is 9.15. The maximum absolute atomic E-state index is 11.9. The van der Waals surface area contributed by atoms with Crippen LogP contribution < -0.4 is 10.4 Å². The van der Waals surface area contributed by atoms with E-state index in [-0.39, 0.29) is 18.2 Å². The fraction of sp³-hybridized carbons (Fsp3) is 0.500. The molecule has 110 valence electrons. The first-order valence-electron chi connectivity index (χ1n) is 7.10. The number of carbonyl (C=O) groups excluding carboxylic acids is 2. The third-order valence-corrected chi connectivity index (χ3v) is 3.42. The highest BCUT2D eigenvalue weighted by Crippen LogP contribution is 2.21. The molecule has 0 saturated carbocycles. The highest BCUT2D eigenvalue weighted by molar-refractivity contribution is 5.91. The predicted molar refractivity (Wildman–Crippen MR) is 76.9 cm³/mol. The number of carboxylic acids is 1. The zero-order valence-electron chi connectivity index (χ0n) is 12.1. The highest BCUT2D eigenvalue weighted by atomic mass is 16.4. The number of rotatable bonds is 8. The lowest BCUT2D eigenvalue weighted by molar-refractivity contribution is -0.313. The van der Waals surface area contributed by atoms with E-state index in [1.165, 1.54) is 0 Å². The molecule has 0 radical (unpaired) electrons. The van der Waals surface area contributed by atoms with Crippen molar-refractivity contribution < 1.29 is 14.7 Å². The molecular weight excluding hydrogens is 254 g/mol. The van der Waals surface area contributed by atoms with Gasteiger partial charge in [-0.2, -0.15) is 0 Å². The first-order chi connectivity index (χ1) is 9.54. The van der Waals surface area contributed by atoms with Gasteiger partial charge in [0.25, 0.3) is 0 Å². The van der Waals surface area contributed by atoms with Crippen LogP contribution in [0.25, 0.3) is 0 Å². The van der Waals surface area contributed by atoms with Gasteiger partial charge in [0, 0.05) is 24.0 Å². The van der Waals surface area contributed by atoms with Crippen molar-refractivity contribution in [2.75, 3.05) is 5.32 Å². The molecule has 0 saturated heterocycles. The van der Waals surface area contributed by atoms with E-state index >= 15 is 0 Å². The number of aliphatic carboxylic acids is 1. The summed E-state index contributed by atoms with van der Waals surface area (Å²) in [6.45, 7) is 3.81. The molecular formula is C16H22NO3-. The SMILES string of the molecule is CCCC[C@H](C(=O)[O-])[C@H](C)CC(=O)Nc1ccccc1. The lowest BCUT2D eigenvalue weighted by Gasteiger charge is -2.24. The summed E-state index contributed by atoms with van der Waals surface area (Å²) >= 11 is 0. The second-order valence-corrected chi connectivity index (χ2v) is 5.16. The standard InChI is InChI=1S/C16H23NO3/c1-3-4-10-14(16(19)20)12(2)11-15(18)17-13-8-6-5-7-9-13/h5-9,12,14H,3-4,10-11H2,1-2H3,(H,17,18)(H,19,20)/p-1/t12-,14+/m1/s1. The molecule has 0 fully saturated rings. The van der Waals surface area contributed by atoms with Crippen LogP contribution in [0.4, 0.5) is 5.69 Å². The summed E-state index contributed by atoms with van der Waals surface area (Å²) in [7, 11) is 0. The Labute approximate surface area is 120 Å². The summed E-state index contributed by atoms with van der Waals surface area (Å²) in [5.74, 6) is -2.00. The first kappa shape index (κ1) is 16.2. The maximum Gasteiger partial charge on any atom is 0.224 e. The Bertz CT molecular complexity index is 431. The van der Waals surface area contributed by atoms with Crippen LogP contribution in [0.1, 0.15) is 39.5 Å². The minimum absolute atomic E-state index is 0.161. The van der Waals surface area contributed by atoms with Crippen LogP contribution >= 0.6 is 0 Å². The minimum atomic E-state index is -1.06. The Morgan fingerprint density at radius 1 is 1.25 bits per heavy atom. The first-order valence-corrected chi connectivity index (χ1v) is 7.10. The maximum atomic E-state index is 11.9. The van der Waals surface area contributed by atoms with E-state index in [4.69, 9.17) is 0 Å². The Morgan fingerprint density at radius 2 is 1.90 bits per heavy atom. The van der Waals surface area contributed by atoms with Crippen molar-refractivity contribution >= 4 is 17.6 Å². The van der Waals surface area contributed by atoms with Gasteiger partial charge in [-0.25, -0.2) is 0 Å². The van der Waals surface area contributed by atoms with Crippen molar-refractivity contribution in [3.8, 4) is 0 Å². The van der Waals surface area contributed by atoms with Crippen molar-refractivity contribution in [2.45, 2.75) is 39.5 Å². The fourth-order valence-electron chi connectivity index (χ4n) is 2.23. The number of benzene rings is 1. The van der Waals surface area contributed by atoms with Gasteiger partial charge in [0.05, 0.1) is 0 Å². The van der Waals surface area contributed by atoms with Crippen LogP contribution in [0.5, 0.6) is 0 Å². The number of carbonyl (C=O) groups is 2. The zero-order chi connectivity index (χ0) is 15.0. The Morgan fingerprint density at radius 3 is 2.45 bits per heavy atom. The topological polar surface area (TPSA) is 69.2 Å². The molecule has 0 unspecified atom stereocenters. The third-order valence-electron chi connectivity index (χ3n) is 3.42. The molecule has 0 aliphatic rings. The smallest absolute Gasteiger partial charge is 0.224 e. The summed E-state index contributed by atoms with van der Waals surface area (Å²) in [5.41, 5.74) is 0.725. The molecule has 4 heteroatoms. The molecule has 1 aromatic rings. The van der Waals surface area contributed by atoms with Crippen LogP contribution in [0.3, 0.4) is 0 Å². The monoisotopic (exact) mass is 276 g/mol. The van der Waals surface area contributed by atoms with Gasteiger partial charge >= 0.3 is 0 Å². The number of hydrogen-bond acceptors (Lipinski definition) is 3. The van der Waals surface area contributed by atoms with Crippen molar-refractivity contribution in [1.82, 2.24) is 0 Å². The summed E-state index contributed by atoms with van der Waals surface area (Å²) < 4.78 is 0. The van der Waals surface area contributed by atoms with Gasteiger partial charge in [0.15, 0.2) is 0 Å². The molecule has 1 N–H and O–H groups in total. The third kappa shape index (κ3) is 5.43. The fourth-order valence-corrected chi connectivity index (χ4v) is 2.23. The van der Waals surface area contributed by atoms with Crippen molar-refractivity contribution in [3.63, 3.8) is 0 Å². The summed E-state index contributed by atoms with van der Waals surface area (Å²) in [5, 5.41) is 13.9. The van der Waals surface area contributed by atoms with Crippen molar-refractivity contribution in [3.05, 3.63) is 30.3 Å². The van der Waals surface area contributed by atoms with Gasteiger partial charge in [-0.05, 0) is 24.5 Å². The molecule has 0 aliphatic carbocycles. The molecule has 4 nitrogen and oxygen atoms in total. The molecule has 2 atom stereocenters. The number of anilines is 1. The largest absolute Gasteiger partial charge is 0.550 e. The van der Waals surface area contributed by atoms with E-state index in [1.807, 2.05) is 25.1 Å². The van der Waals surface area contributed by atoms with Gasteiger partial charge < -0.3 is 15.2 Å². The molecule has 0 heterocycles. The number of nitrogens with one attached hydrogen (secondary N) is 1. The van der Waals surface area contributed by atoms with E-state index < -0.39 is 11.9 Å². The van der Waals surface area contributed by atoms with E-state index in [2.05, 4.69) is 5.32 Å². The van der Waals surface area contributed by atoms with Crippen molar-refractivity contribution in [1.29, 1.82) is 0 Å². The molecule has 0 spiro atoms. The lowest BCUT2D eigenvalue weighted by Crippen LogP contribution is -2.36. The van der Waals surface area contributed by atoms with E-state index in [9.17, 15) is 14.7 Å². The molecule has 20 heavy (non-hydrogen) atoms. The van der Waals surface area contributed by atoms with Gasteiger partial charge in [0.1, 0.15) is 0 Å². The highest BCUT2D eigenvalue weighted by Gasteiger charge is 2.20. The normalized spacial score (nSPS) is 13.5. The van der Waals surface area contributed by atoms with Crippen LogP contribution in [-0.2, 0) is 9.59 Å². The second kappa shape index (κ2) is 8.35. The molecule has 1 aromatic carbocycles. The average Bonchev–Trinajstić information content (AvgIpc) is 2.39. The number of amides is 1. The number of para-hydroxylation sites is 1. The lowest BCUT2D eigenvalue weighted by atomic mass is 9.87. The Hall–Kier alpha value is -1.84. The average molecular weight is 276 g/mol. The number of hydrogen-bond donors (Lipinski definition) is 1. The second-order valence-electron chi connectivity index (χ2n) is 5.16. The number of unbranched alkanes of at least 4 members (excludes halogenated alkanes) is 1. The predicted octanol–water partition coefficient (Wildman–Crippen LogP) is 2.21. The summed E-state index contributed by atoms with van der Waals surface area (Å²) in [4.78, 5) is 23.0. The van der Waals surface area contributed by atoms with Gasteiger partial charge in [0.2, 0.25) is 5.91 Å². The van der Waals surface area contributed by atoms with Crippen molar-refractivity contribution in [2.24, 2.45) is 11.8 Å². The molecule has 0 bridgehead atoms. The zero-order valence-corrected chi connectivity index (χ0v) is 12.1. The van der Waals surface area contributed by atoms with E-state index in [1.54, 1.807) is 19.1 Å². The minimum Gasteiger partial charge on any atom is -0.550 e. The summed E-state index contributed by atoms with van der Waals surface area (Å²) in [6.07, 6.45) is 2.53. The molecule has 1 amide bonds. The molecule has 1 rings (SSSR count). The quantitative estimate of drug-likeness (QED) is 0.791. The Kier molecular flexibility index (Phi) is 6.77. The van der Waals surface area contributed by atoms with E-state index in [0.29, 0.717) is 6.42 Å². The van der Waals surface area contributed by atoms with Crippen LogP contribution in [-0.4, -0.2) is 11.9 Å². The van der Waals surface area contributed by atoms with Gasteiger partial charge in [-0.3, -0.25) is 4.79 Å². The van der Waals surface area contributed by atoms with E-state index in [0.717, 1.165) is 18.5 Å².